The number of aromatic nitrogens is 4. The Balaban J connectivity index is 0.000000194. The first-order chi connectivity index (χ1) is 34.2. The number of aryl methyl sites for hydroxylation is 2. The maximum absolute atomic E-state index is 13.7. The molecule has 4 aromatic heterocycles. The van der Waals surface area contributed by atoms with Crippen LogP contribution in [0.2, 0.25) is 0 Å². The van der Waals surface area contributed by atoms with Crippen LogP contribution in [-0.2, 0) is 0 Å². The van der Waals surface area contributed by atoms with Gasteiger partial charge in [0.15, 0.2) is 11.3 Å². The lowest BCUT2D eigenvalue weighted by Crippen LogP contribution is -2.27. The van der Waals surface area contributed by atoms with Gasteiger partial charge in [-0.2, -0.15) is 26.3 Å². The summed E-state index contributed by atoms with van der Waals surface area (Å²) in [6, 6.07) is 24.5. The van der Waals surface area contributed by atoms with Gasteiger partial charge in [-0.25, -0.2) is 23.5 Å². The van der Waals surface area contributed by atoms with Crippen molar-refractivity contribution in [3.05, 3.63) is 156 Å². The van der Waals surface area contributed by atoms with Crippen molar-refractivity contribution >= 4 is 34.5 Å². The van der Waals surface area contributed by atoms with Crippen molar-refractivity contribution in [1.29, 1.82) is 0 Å². The maximum atomic E-state index is 13.7. The Hall–Kier alpha value is -8.16. The Morgan fingerprint density at radius 2 is 1.10 bits per heavy atom. The van der Waals surface area contributed by atoms with Gasteiger partial charge < -0.3 is 30.5 Å². The number of carboxylic acid groups (broad SMARTS) is 1. The minimum absolute atomic E-state index is 0.122. The van der Waals surface area contributed by atoms with Crippen LogP contribution in [0.5, 0.6) is 23.0 Å². The van der Waals surface area contributed by atoms with Crippen LogP contribution in [-0.4, -0.2) is 67.2 Å². The third-order valence-corrected chi connectivity index (χ3v) is 11.6. The summed E-state index contributed by atoms with van der Waals surface area (Å²) in [7, 11) is 0. The lowest BCUT2D eigenvalue weighted by molar-refractivity contribution is -0.132. The van der Waals surface area contributed by atoms with Gasteiger partial charge in [0, 0.05) is 60.1 Å². The Bertz CT molecular complexity index is 3300. The quantitative estimate of drug-likeness (QED) is 0.0738. The highest BCUT2D eigenvalue weighted by Crippen LogP contribution is 2.35. The zero-order valence-corrected chi connectivity index (χ0v) is 38.6. The number of hydrogen-bond acceptors (Lipinski definition) is 8. The molecule has 12 nitrogen and oxygen atoms in total. The summed E-state index contributed by atoms with van der Waals surface area (Å²) in [6.07, 6.45) is -3.38. The van der Waals surface area contributed by atoms with E-state index in [4.69, 9.17) is 9.47 Å². The summed E-state index contributed by atoms with van der Waals surface area (Å²) in [5.74, 6) is -0.696. The van der Waals surface area contributed by atoms with E-state index in [1.54, 1.807) is 70.7 Å². The normalized spacial score (nSPS) is 14.4. The van der Waals surface area contributed by atoms with E-state index in [0.717, 1.165) is 17.5 Å². The number of anilines is 2. The van der Waals surface area contributed by atoms with E-state index in [1.807, 2.05) is 13.0 Å². The fraction of sp³-hybridized carbons (Fsp3) is 0.231. The van der Waals surface area contributed by atoms with Crippen LogP contribution in [0.25, 0.3) is 33.8 Å². The third kappa shape index (κ3) is 12.4. The van der Waals surface area contributed by atoms with Gasteiger partial charge in [-0.05, 0) is 85.8 Å². The molecule has 0 bridgehead atoms. The van der Waals surface area contributed by atoms with Crippen molar-refractivity contribution in [2.75, 3.05) is 23.7 Å². The molecule has 1 fully saturated rings. The molecule has 1 aliphatic carbocycles. The van der Waals surface area contributed by atoms with E-state index < -0.39 is 42.8 Å². The fourth-order valence-corrected chi connectivity index (χ4v) is 7.84. The highest BCUT2D eigenvalue weighted by Gasteiger charge is 2.34. The summed E-state index contributed by atoms with van der Waals surface area (Å²) >= 11 is 0. The number of alkyl halides is 6. The SMILES string of the molecule is Cc1cc(-c2cnc3c(NCCC(F)(F)F)cc(Oc4cccc(F)c4)cn23)ccc1C(=O)N[C@@H]1C[C@H]1C.Cc1cc(-c2cnc3c(NCCC(F)(F)F)cc(Oc4cccc(F)c4)cn23)ccc1C(=O)O. The molecule has 4 aromatic carbocycles. The monoisotopic (exact) mass is 999 g/mol. The van der Waals surface area contributed by atoms with E-state index in [0.29, 0.717) is 56.7 Å². The Morgan fingerprint density at radius 3 is 1.49 bits per heavy atom. The van der Waals surface area contributed by atoms with E-state index >= 15 is 0 Å². The number of carboxylic acids is 1. The second kappa shape index (κ2) is 20.7. The molecular formula is C52H45F8N7O5. The molecule has 1 aliphatic rings. The van der Waals surface area contributed by atoms with E-state index in [9.17, 15) is 49.8 Å². The van der Waals surface area contributed by atoms with Crippen LogP contribution in [0, 0.1) is 31.4 Å². The number of hydrogen-bond donors (Lipinski definition) is 4. The Kier molecular flexibility index (Phi) is 14.4. The fourth-order valence-electron chi connectivity index (χ4n) is 7.84. The van der Waals surface area contributed by atoms with Gasteiger partial charge in [-0.1, -0.05) is 31.2 Å². The predicted molar refractivity (Wildman–Crippen MR) is 254 cm³/mol. The Morgan fingerprint density at radius 1 is 0.653 bits per heavy atom. The number of fused-ring (bicyclic) bond motifs is 2. The number of carbonyl (C=O) groups is 2. The number of pyridine rings is 2. The molecule has 20 heteroatoms. The third-order valence-electron chi connectivity index (χ3n) is 11.6. The molecular weight excluding hydrogens is 955 g/mol. The highest BCUT2D eigenvalue weighted by molar-refractivity contribution is 5.96. The molecule has 0 saturated heterocycles. The van der Waals surface area contributed by atoms with Crippen molar-refractivity contribution in [3.8, 4) is 45.5 Å². The van der Waals surface area contributed by atoms with Gasteiger partial charge >= 0.3 is 18.3 Å². The molecule has 72 heavy (non-hydrogen) atoms. The summed E-state index contributed by atoms with van der Waals surface area (Å²) in [5.41, 5.74) is 6.05. The minimum atomic E-state index is -4.33. The van der Waals surface area contributed by atoms with Crippen LogP contribution >= 0.6 is 0 Å². The first-order valence-electron chi connectivity index (χ1n) is 22.4. The van der Waals surface area contributed by atoms with Crippen LogP contribution in [0.1, 0.15) is 58.0 Å². The average Bonchev–Trinajstić information content (AvgIpc) is 3.61. The van der Waals surface area contributed by atoms with E-state index in [1.165, 1.54) is 60.8 Å². The number of rotatable bonds is 15. The van der Waals surface area contributed by atoms with Crippen molar-refractivity contribution in [1.82, 2.24) is 24.1 Å². The van der Waals surface area contributed by atoms with Crippen molar-refractivity contribution in [3.63, 3.8) is 0 Å². The number of aromatic carboxylic acids is 1. The van der Waals surface area contributed by atoms with Gasteiger partial charge in [0.05, 0.1) is 66.0 Å². The van der Waals surface area contributed by atoms with Gasteiger partial charge in [-0.3, -0.25) is 13.6 Å². The lowest BCUT2D eigenvalue weighted by atomic mass is 10.0. The molecule has 9 rings (SSSR count). The molecule has 0 unspecified atom stereocenters. The summed E-state index contributed by atoms with van der Waals surface area (Å²) in [6.45, 7) is 4.87. The molecule has 4 heterocycles. The minimum Gasteiger partial charge on any atom is -0.478 e. The summed E-state index contributed by atoms with van der Waals surface area (Å²) in [4.78, 5) is 32.8. The van der Waals surface area contributed by atoms with Crippen LogP contribution in [0.4, 0.5) is 46.5 Å². The number of benzene rings is 4. The highest BCUT2D eigenvalue weighted by atomic mass is 19.4. The van der Waals surface area contributed by atoms with Crippen LogP contribution < -0.4 is 25.4 Å². The molecule has 374 valence electrons. The zero-order chi connectivity index (χ0) is 51.5. The number of nitrogens with zero attached hydrogens (tertiary/aromatic N) is 4. The average molecular weight is 1000 g/mol. The molecule has 8 aromatic rings. The summed E-state index contributed by atoms with van der Waals surface area (Å²) in [5, 5.41) is 17.9. The van der Waals surface area contributed by atoms with Gasteiger partial charge in [-0.15, -0.1) is 0 Å². The number of carbonyl (C=O) groups excluding carboxylic acids is 1. The number of amides is 1. The predicted octanol–water partition coefficient (Wildman–Crippen LogP) is 13.0. The number of nitrogens with one attached hydrogen (secondary N) is 3. The first kappa shape index (κ1) is 50.2. The lowest BCUT2D eigenvalue weighted by Gasteiger charge is -2.14. The topological polar surface area (TPSA) is 144 Å². The number of halogens is 8. The molecule has 1 saturated carbocycles. The largest absolute Gasteiger partial charge is 0.478 e. The van der Waals surface area contributed by atoms with E-state index in [2.05, 4.69) is 32.8 Å². The molecule has 0 spiro atoms. The Labute approximate surface area is 406 Å². The molecule has 1 amide bonds. The second-order valence-corrected chi connectivity index (χ2v) is 17.2. The van der Waals surface area contributed by atoms with Crippen molar-refractivity contribution < 1.29 is 59.3 Å². The van der Waals surface area contributed by atoms with Crippen LogP contribution in [0.3, 0.4) is 0 Å². The number of imidazole rings is 2. The molecule has 4 N–H and O–H groups in total. The van der Waals surface area contributed by atoms with Crippen molar-refractivity contribution in [2.24, 2.45) is 5.92 Å². The van der Waals surface area contributed by atoms with Gasteiger partial charge in [0.25, 0.3) is 5.91 Å². The molecule has 2 atom stereocenters. The maximum Gasteiger partial charge on any atom is 0.390 e. The number of ether oxygens (including phenoxy) is 2. The van der Waals surface area contributed by atoms with Crippen LogP contribution in [0.15, 0.2) is 122 Å². The standard InChI is InChI=1S/C28H26F4N4O2.C24H19F4N3O3/c1-16-10-18(6-7-22(16)27(37)35-23-11-17(23)2)25-14-34-26-24(33-9-8-28(30,31)32)13-21(15-36(25)26)38-20-5-3-4-19(29)12-20;1-14-9-15(5-6-19(14)23(32)33)21-12-30-22-20(29-8-7-24(26,27)28)11-18(13-31(21)22)34-17-4-2-3-16(25)10-17/h3-7,10,12-15,17,23,33H,8-9,11H2,1-2H3,(H,35,37);2-6,9-13,29H,7-8H2,1H3,(H,32,33)/t17-,23-;/m1./s1. The second-order valence-electron chi connectivity index (χ2n) is 17.2. The van der Waals surface area contributed by atoms with Gasteiger partial charge in [0.2, 0.25) is 0 Å². The smallest absolute Gasteiger partial charge is 0.390 e. The van der Waals surface area contributed by atoms with Gasteiger partial charge in [0.1, 0.15) is 34.6 Å². The first-order valence-corrected chi connectivity index (χ1v) is 22.4. The summed E-state index contributed by atoms with van der Waals surface area (Å²) < 4.78 is 119. The van der Waals surface area contributed by atoms with Crippen molar-refractivity contribution in [2.45, 2.75) is 58.4 Å². The molecule has 0 aliphatic heterocycles. The van der Waals surface area contributed by atoms with E-state index in [-0.39, 0.29) is 53.6 Å². The zero-order valence-electron chi connectivity index (χ0n) is 38.6. The molecule has 0 radical (unpaired) electrons.